The summed E-state index contributed by atoms with van der Waals surface area (Å²) in [5.41, 5.74) is 7.06. The molecule has 0 amide bonds. The van der Waals surface area contributed by atoms with Crippen LogP contribution in [0, 0.1) is 5.82 Å². The fourth-order valence-electron chi connectivity index (χ4n) is 1.42. The van der Waals surface area contributed by atoms with Crippen molar-refractivity contribution in [2.75, 3.05) is 5.73 Å². The van der Waals surface area contributed by atoms with Crippen molar-refractivity contribution in [1.82, 2.24) is 0 Å². The van der Waals surface area contributed by atoms with Crippen LogP contribution >= 0.6 is 11.6 Å². The van der Waals surface area contributed by atoms with Crippen LogP contribution in [-0.2, 0) is 6.61 Å². The van der Waals surface area contributed by atoms with Crippen LogP contribution in [0.25, 0.3) is 0 Å². The zero-order valence-electron chi connectivity index (χ0n) is 8.99. The lowest BCUT2D eigenvalue weighted by Crippen LogP contribution is -1.96. The van der Waals surface area contributed by atoms with Crippen molar-refractivity contribution in [2.45, 2.75) is 6.61 Å². The SMILES string of the molecule is Nc1cc(Cl)cc(OCc2ccc(F)cc2)c1. The highest BCUT2D eigenvalue weighted by molar-refractivity contribution is 6.31. The molecule has 0 bridgehead atoms. The fourth-order valence-corrected chi connectivity index (χ4v) is 1.65. The third-order valence-electron chi connectivity index (χ3n) is 2.21. The molecule has 0 saturated heterocycles. The number of ether oxygens (including phenoxy) is 1. The number of nitrogen functional groups attached to an aromatic ring is 1. The van der Waals surface area contributed by atoms with Crippen molar-refractivity contribution in [3.63, 3.8) is 0 Å². The minimum Gasteiger partial charge on any atom is -0.489 e. The Labute approximate surface area is 104 Å². The lowest BCUT2D eigenvalue weighted by molar-refractivity contribution is 0.306. The van der Waals surface area contributed by atoms with Crippen molar-refractivity contribution in [3.8, 4) is 5.75 Å². The summed E-state index contributed by atoms with van der Waals surface area (Å²) < 4.78 is 18.2. The summed E-state index contributed by atoms with van der Waals surface area (Å²) in [6.45, 7) is 0.347. The maximum absolute atomic E-state index is 12.7. The Morgan fingerprint density at radius 2 is 1.82 bits per heavy atom. The second-order valence-corrected chi connectivity index (χ2v) is 4.07. The van der Waals surface area contributed by atoms with Crippen molar-refractivity contribution in [2.24, 2.45) is 0 Å². The molecule has 2 N–H and O–H groups in total. The Morgan fingerprint density at radius 1 is 1.12 bits per heavy atom. The van der Waals surface area contributed by atoms with Gasteiger partial charge in [0.15, 0.2) is 0 Å². The van der Waals surface area contributed by atoms with E-state index in [9.17, 15) is 4.39 Å². The van der Waals surface area contributed by atoms with E-state index in [1.807, 2.05) is 0 Å². The Hall–Kier alpha value is -1.74. The Kier molecular flexibility index (Phi) is 3.49. The highest BCUT2D eigenvalue weighted by atomic mass is 35.5. The lowest BCUT2D eigenvalue weighted by atomic mass is 10.2. The third kappa shape index (κ3) is 3.36. The largest absolute Gasteiger partial charge is 0.489 e. The molecule has 0 spiro atoms. The van der Waals surface area contributed by atoms with E-state index in [1.165, 1.54) is 12.1 Å². The standard InChI is InChI=1S/C13H11ClFNO/c14-10-5-12(16)7-13(6-10)17-8-9-1-3-11(15)4-2-9/h1-7H,8,16H2. The van der Waals surface area contributed by atoms with E-state index in [2.05, 4.69) is 0 Å². The van der Waals surface area contributed by atoms with Crippen molar-refractivity contribution in [1.29, 1.82) is 0 Å². The summed E-state index contributed by atoms with van der Waals surface area (Å²) in [6.07, 6.45) is 0. The number of hydrogen-bond acceptors (Lipinski definition) is 2. The highest BCUT2D eigenvalue weighted by Gasteiger charge is 2.00. The summed E-state index contributed by atoms with van der Waals surface area (Å²) in [5.74, 6) is 0.333. The van der Waals surface area contributed by atoms with Gasteiger partial charge in [-0.2, -0.15) is 0 Å². The molecule has 0 radical (unpaired) electrons. The van der Waals surface area contributed by atoms with Crippen molar-refractivity contribution < 1.29 is 9.13 Å². The molecule has 0 aliphatic heterocycles. The first-order valence-electron chi connectivity index (χ1n) is 5.07. The van der Waals surface area contributed by atoms with Crippen LogP contribution in [0.3, 0.4) is 0 Å². The van der Waals surface area contributed by atoms with E-state index >= 15 is 0 Å². The smallest absolute Gasteiger partial charge is 0.123 e. The molecule has 0 aromatic heterocycles. The second kappa shape index (κ2) is 5.06. The van der Waals surface area contributed by atoms with Crippen LogP contribution < -0.4 is 10.5 Å². The summed E-state index contributed by atoms with van der Waals surface area (Å²) in [5, 5.41) is 0.527. The average Bonchev–Trinajstić information content (AvgIpc) is 2.27. The van der Waals surface area contributed by atoms with E-state index in [4.69, 9.17) is 22.1 Å². The molecule has 4 heteroatoms. The molecule has 2 aromatic carbocycles. The summed E-state index contributed by atoms with van der Waals surface area (Å²) in [6, 6.07) is 11.1. The van der Waals surface area contributed by atoms with E-state index in [1.54, 1.807) is 30.3 Å². The molecule has 0 atom stereocenters. The molecule has 0 aliphatic carbocycles. The Morgan fingerprint density at radius 3 is 2.47 bits per heavy atom. The Balaban J connectivity index is 2.04. The molecule has 0 heterocycles. The maximum Gasteiger partial charge on any atom is 0.123 e. The van der Waals surface area contributed by atoms with E-state index in [-0.39, 0.29) is 5.82 Å². The number of hydrogen-bond donors (Lipinski definition) is 1. The van der Waals surface area contributed by atoms with Gasteiger partial charge in [-0.05, 0) is 29.8 Å². The fraction of sp³-hybridized carbons (Fsp3) is 0.0769. The first-order valence-corrected chi connectivity index (χ1v) is 5.44. The number of benzene rings is 2. The lowest BCUT2D eigenvalue weighted by Gasteiger charge is -2.07. The van der Waals surface area contributed by atoms with Gasteiger partial charge in [-0.25, -0.2) is 4.39 Å². The second-order valence-electron chi connectivity index (χ2n) is 3.64. The van der Waals surface area contributed by atoms with Gasteiger partial charge in [0.05, 0.1) is 0 Å². The molecular formula is C13H11ClFNO. The minimum absolute atomic E-state index is 0.263. The molecule has 2 rings (SSSR count). The Bertz CT molecular complexity index is 493. The van der Waals surface area contributed by atoms with Crippen LogP contribution in [0.4, 0.5) is 10.1 Å². The van der Waals surface area contributed by atoms with Crippen molar-refractivity contribution in [3.05, 3.63) is 58.9 Å². The van der Waals surface area contributed by atoms with E-state index in [0.29, 0.717) is 23.1 Å². The summed E-state index contributed by atoms with van der Waals surface area (Å²) >= 11 is 5.84. The monoisotopic (exact) mass is 251 g/mol. The first kappa shape index (κ1) is 11.7. The molecule has 0 saturated carbocycles. The molecule has 88 valence electrons. The molecule has 2 aromatic rings. The van der Waals surface area contributed by atoms with Crippen LogP contribution in [0.15, 0.2) is 42.5 Å². The van der Waals surface area contributed by atoms with Gasteiger partial charge in [-0.15, -0.1) is 0 Å². The molecule has 0 fully saturated rings. The van der Waals surface area contributed by atoms with Gasteiger partial charge in [0.25, 0.3) is 0 Å². The number of rotatable bonds is 3. The molecule has 0 aliphatic rings. The van der Waals surface area contributed by atoms with Gasteiger partial charge in [0.2, 0.25) is 0 Å². The van der Waals surface area contributed by atoms with Crippen LogP contribution in [-0.4, -0.2) is 0 Å². The highest BCUT2D eigenvalue weighted by Crippen LogP contribution is 2.23. The minimum atomic E-state index is -0.263. The quantitative estimate of drug-likeness (QED) is 0.846. The molecule has 0 unspecified atom stereocenters. The molecule has 2 nitrogen and oxygen atoms in total. The zero-order valence-corrected chi connectivity index (χ0v) is 9.75. The van der Waals surface area contributed by atoms with E-state index < -0.39 is 0 Å². The average molecular weight is 252 g/mol. The van der Waals surface area contributed by atoms with E-state index in [0.717, 1.165) is 5.56 Å². The van der Waals surface area contributed by atoms with Crippen LogP contribution in [0.5, 0.6) is 5.75 Å². The zero-order chi connectivity index (χ0) is 12.3. The number of anilines is 1. The van der Waals surface area contributed by atoms with Gasteiger partial charge in [-0.1, -0.05) is 23.7 Å². The van der Waals surface area contributed by atoms with Gasteiger partial charge in [-0.3, -0.25) is 0 Å². The molecular weight excluding hydrogens is 241 g/mol. The maximum atomic E-state index is 12.7. The van der Waals surface area contributed by atoms with Gasteiger partial charge in [0, 0.05) is 16.8 Å². The van der Waals surface area contributed by atoms with Crippen LogP contribution in [0.2, 0.25) is 5.02 Å². The number of nitrogens with two attached hydrogens (primary N) is 1. The van der Waals surface area contributed by atoms with Gasteiger partial charge < -0.3 is 10.5 Å². The number of halogens is 2. The first-order chi connectivity index (χ1) is 8.13. The van der Waals surface area contributed by atoms with Gasteiger partial charge >= 0.3 is 0 Å². The third-order valence-corrected chi connectivity index (χ3v) is 2.43. The normalized spacial score (nSPS) is 10.2. The predicted molar refractivity (Wildman–Crippen MR) is 66.6 cm³/mol. The predicted octanol–water partition coefficient (Wildman–Crippen LogP) is 3.64. The van der Waals surface area contributed by atoms with Gasteiger partial charge in [0.1, 0.15) is 18.2 Å². The molecule has 17 heavy (non-hydrogen) atoms. The summed E-state index contributed by atoms with van der Waals surface area (Å²) in [7, 11) is 0. The van der Waals surface area contributed by atoms with Crippen LogP contribution in [0.1, 0.15) is 5.56 Å². The summed E-state index contributed by atoms with van der Waals surface area (Å²) in [4.78, 5) is 0. The topological polar surface area (TPSA) is 35.2 Å². The van der Waals surface area contributed by atoms with Crippen molar-refractivity contribution >= 4 is 17.3 Å².